The molecule has 176 valence electrons. The average Bonchev–Trinajstić information content (AvgIpc) is 3.14. The van der Waals surface area contributed by atoms with E-state index in [4.69, 9.17) is 9.72 Å². The predicted molar refractivity (Wildman–Crippen MR) is 137 cm³/mol. The van der Waals surface area contributed by atoms with Crippen molar-refractivity contribution in [1.82, 2.24) is 14.1 Å². The number of ether oxygens (including phenoxy) is 1. The van der Waals surface area contributed by atoms with Gasteiger partial charge in [0.2, 0.25) is 0 Å². The largest absolute Gasteiger partial charge is 0.383 e. The van der Waals surface area contributed by atoms with E-state index in [1.54, 1.807) is 17.7 Å². The summed E-state index contributed by atoms with van der Waals surface area (Å²) in [5.41, 5.74) is 4.20. The summed E-state index contributed by atoms with van der Waals surface area (Å²) in [6.07, 6.45) is 0. The van der Waals surface area contributed by atoms with E-state index in [9.17, 15) is 9.59 Å². The van der Waals surface area contributed by atoms with E-state index in [2.05, 4.69) is 11.5 Å². The second-order valence-corrected chi connectivity index (χ2v) is 9.40. The molecular formula is C27H29N3O3S. The standard InChI is InChI=1S/C27H29N3O3S/c1-18-14-23(20(3)30(18)19(2)16-33-4)25(31)17-34-27-28-24-13-9-8-12-22(24)26(32)29(27)15-21-10-6-5-7-11-21/h5-14,19H,15-17H2,1-4H3. The number of benzene rings is 2. The quantitative estimate of drug-likeness (QED) is 0.193. The van der Waals surface area contributed by atoms with E-state index >= 15 is 0 Å². The topological polar surface area (TPSA) is 66.1 Å². The molecule has 6 nitrogen and oxygen atoms in total. The molecule has 0 fully saturated rings. The number of para-hydroxylation sites is 1. The maximum atomic E-state index is 13.3. The summed E-state index contributed by atoms with van der Waals surface area (Å²) in [6, 6.07) is 19.2. The summed E-state index contributed by atoms with van der Waals surface area (Å²) in [5.74, 6) is 0.213. The fraction of sp³-hybridized carbons (Fsp3) is 0.296. The number of aryl methyl sites for hydroxylation is 1. The summed E-state index contributed by atoms with van der Waals surface area (Å²) in [6.45, 7) is 7.03. The molecular weight excluding hydrogens is 446 g/mol. The fourth-order valence-electron chi connectivity index (χ4n) is 4.42. The zero-order valence-electron chi connectivity index (χ0n) is 19.9. The van der Waals surface area contributed by atoms with E-state index in [-0.39, 0.29) is 23.1 Å². The van der Waals surface area contributed by atoms with Crippen molar-refractivity contribution in [2.75, 3.05) is 19.5 Å². The van der Waals surface area contributed by atoms with Gasteiger partial charge in [-0.2, -0.15) is 0 Å². The zero-order valence-corrected chi connectivity index (χ0v) is 20.8. The molecule has 2 heterocycles. The molecule has 7 heteroatoms. The number of Topliss-reactive ketones (excluding diaryl/α,β-unsaturated/α-hetero) is 1. The van der Waals surface area contributed by atoms with Gasteiger partial charge in [-0.1, -0.05) is 54.2 Å². The van der Waals surface area contributed by atoms with Gasteiger partial charge in [-0.3, -0.25) is 14.2 Å². The molecule has 0 saturated carbocycles. The molecule has 0 bridgehead atoms. The Morgan fingerprint density at radius 3 is 2.53 bits per heavy atom. The van der Waals surface area contributed by atoms with Crippen LogP contribution >= 0.6 is 11.8 Å². The molecule has 0 spiro atoms. The van der Waals surface area contributed by atoms with Gasteiger partial charge in [-0.15, -0.1) is 0 Å². The molecule has 0 saturated heterocycles. The van der Waals surface area contributed by atoms with Gasteiger partial charge in [0.25, 0.3) is 5.56 Å². The monoisotopic (exact) mass is 475 g/mol. The smallest absolute Gasteiger partial charge is 0.262 e. The van der Waals surface area contributed by atoms with Crippen LogP contribution in [-0.4, -0.2) is 39.4 Å². The Morgan fingerprint density at radius 1 is 1.09 bits per heavy atom. The second-order valence-electron chi connectivity index (χ2n) is 8.46. The Kier molecular flexibility index (Phi) is 7.34. The molecule has 0 aliphatic carbocycles. The summed E-state index contributed by atoms with van der Waals surface area (Å²) >= 11 is 1.31. The number of thioether (sulfide) groups is 1. The predicted octanol–water partition coefficient (Wildman–Crippen LogP) is 5.05. The number of methoxy groups -OCH3 is 1. The van der Waals surface area contributed by atoms with Gasteiger partial charge in [0.15, 0.2) is 10.9 Å². The Bertz CT molecular complexity index is 1380. The Hall–Kier alpha value is -3.16. The molecule has 34 heavy (non-hydrogen) atoms. The number of carbonyl (C=O) groups is 1. The van der Waals surface area contributed by atoms with Gasteiger partial charge in [-0.25, -0.2) is 4.98 Å². The minimum Gasteiger partial charge on any atom is -0.383 e. The van der Waals surface area contributed by atoms with Crippen LogP contribution in [-0.2, 0) is 11.3 Å². The molecule has 2 aromatic carbocycles. The van der Waals surface area contributed by atoms with Crippen LogP contribution in [0.2, 0.25) is 0 Å². The molecule has 0 N–H and O–H groups in total. The minimum atomic E-state index is -0.101. The molecule has 2 aromatic heterocycles. The number of hydrogen-bond donors (Lipinski definition) is 0. The summed E-state index contributed by atoms with van der Waals surface area (Å²) in [4.78, 5) is 31.3. The van der Waals surface area contributed by atoms with Crippen molar-refractivity contribution < 1.29 is 9.53 Å². The van der Waals surface area contributed by atoms with E-state index < -0.39 is 0 Å². The molecule has 1 atom stereocenters. The summed E-state index contributed by atoms with van der Waals surface area (Å²) in [7, 11) is 1.68. The number of rotatable bonds is 9. The summed E-state index contributed by atoms with van der Waals surface area (Å²) < 4.78 is 9.11. The lowest BCUT2D eigenvalue weighted by Gasteiger charge is -2.17. The molecule has 0 radical (unpaired) electrons. The van der Waals surface area contributed by atoms with Crippen LogP contribution in [0.1, 0.15) is 40.3 Å². The summed E-state index contributed by atoms with van der Waals surface area (Å²) in [5, 5.41) is 1.12. The van der Waals surface area contributed by atoms with Gasteiger partial charge >= 0.3 is 0 Å². The first-order valence-electron chi connectivity index (χ1n) is 11.3. The first-order valence-corrected chi connectivity index (χ1v) is 12.3. The maximum absolute atomic E-state index is 13.3. The molecule has 4 aromatic rings. The number of aromatic nitrogens is 3. The lowest BCUT2D eigenvalue weighted by Crippen LogP contribution is -2.24. The number of fused-ring (bicyclic) bond motifs is 1. The molecule has 1 unspecified atom stereocenters. The third kappa shape index (κ3) is 4.86. The van der Waals surface area contributed by atoms with Crippen LogP contribution in [0, 0.1) is 13.8 Å². The second kappa shape index (κ2) is 10.4. The third-order valence-electron chi connectivity index (χ3n) is 5.98. The number of carbonyl (C=O) groups excluding carboxylic acids is 1. The molecule has 0 aliphatic heterocycles. The first-order chi connectivity index (χ1) is 16.4. The maximum Gasteiger partial charge on any atom is 0.262 e. The number of hydrogen-bond acceptors (Lipinski definition) is 5. The lowest BCUT2D eigenvalue weighted by atomic mass is 10.2. The van der Waals surface area contributed by atoms with E-state index in [0.717, 1.165) is 17.0 Å². The Balaban J connectivity index is 1.65. The highest BCUT2D eigenvalue weighted by Crippen LogP contribution is 2.25. The van der Waals surface area contributed by atoms with Crippen LogP contribution in [0.3, 0.4) is 0 Å². The van der Waals surface area contributed by atoms with Gasteiger partial charge in [0.1, 0.15) is 0 Å². The van der Waals surface area contributed by atoms with Crippen LogP contribution in [0.15, 0.2) is 70.6 Å². The SMILES string of the molecule is COCC(C)n1c(C)cc(C(=O)CSc2nc3ccccc3c(=O)n2Cc2ccccc2)c1C. The minimum absolute atomic E-state index is 0.0163. The van der Waals surface area contributed by atoms with Crippen molar-refractivity contribution in [3.05, 3.63) is 93.5 Å². The van der Waals surface area contributed by atoms with Gasteiger partial charge in [0.05, 0.1) is 35.8 Å². The normalized spacial score (nSPS) is 12.2. The molecule has 0 amide bonds. The van der Waals surface area contributed by atoms with Crippen molar-refractivity contribution in [3.8, 4) is 0 Å². The molecule has 0 aliphatic rings. The highest BCUT2D eigenvalue weighted by Gasteiger charge is 2.20. The third-order valence-corrected chi connectivity index (χ3v) is 6.95. The lowest BCUT2D eigenvalue weighted by molar-refractivity contribution is 0.102. The Morgan fingerprint density at radius 2 is 1.79 bits per heavy atom. The van der Waals surface area contributed by atoms with Crippen LogP contribution in [0.4, 0.5) is 0 Å². The van der Waals surface area contributed by atoms with Crippen molar-refractivity contribution >= 4 is 28.4 Å². The zero-order chi connectivity index (χ0) is 24.2. The Labute approximate surface area is 203 Å². The van der Waals surface area contributed by atoms with E-state index in [0.29, 0.717) is 34.8 Å². The highest BCUT2D eigenvalue weighted by atomic mass is 32.2. The first kappa shape index (κ1) is 24.0. The van der Waals surface area contributed by atoms with Crippen LogP contribution in [0.5, 0.6) is 0 Å². The van der Waals surface area contributed by atoms with Gasteiger partial charge in [-0.05, 0) is 44.5 Å². The van der Waals surface area contributed by atoms with E-state index in [1.807, 2.05) is 68.4 Å². The van der Waals surface area contributed by atoms with Crippen molar-refractivity contribution in [2.45, 2.75) is 38.5 Å². The fourth-order valence-corrected chi connectivity index (χ4v) is 5.31. The van der Waals surface area contributed by atoms with Crippen LogP contribution < -0.4 is 5.56 Å². The van der Waals surface area contributed by atoms with E-state index in [1.165, 1.54) is 11.8 Å². The van der Waals surface area contributed by atoms with Crippen molar-refractivity contribution in [2.24, 2.45) is 0 Å². The number of nitrogens with zero attached hydrogens (tertiary/aromatic N) is 3. The van der Waals surface area contributed by atoms with Crippen LogP contribution in [0.25, 0.3) is 10.9 Å². The van der Waals surface area contributed by atoms with Gasteiger partial charge < -0.3 is 9.30 Å². The number of ketones is 1. The van der Waals surface area contributed by atoms with Crippen molar-refractivity contribution in [1.29, 1.82) is 0 Å². The highest BCUT2D eigenvalue weighted by molar-refractivity contribution is 7.99. The molecule has 4 rings (SSSR count). The average molecular weight is 476 g/mol. The van der Waals surface area contributed by atoms with Gasteiger partial charge in [0, 0.05) is 24.1 Å². The van der Waals surface area contributed by atoms with Crippen molar-refractivity contribution in [3.63, 3.8) is 0 Å².